The second-order valence-electron chi connectivity index (χ2n) is 3.11. The molecule has 6 nitrogen and oxygen atoms in total. The number of hydrogen-bond donors (Lipinski definition) is 1. The van der Waals surface area contributed by atoms with E-state index in [0.29, 0.717) is 12.4 Å². The number of amides is 2. The van der Waals surface area contributed by atoms with Gasteiger partial charge in [-0.2, -0.15) is 0 Å². The molecule has 1 aromatic heterocycles. The highest BCUT2D eigenvalue weighted by atomic mass is 16.2. The van der Waals surface area contributed by atoms with Crippen molar-refractivity contribution >= 4 is 11.8 Å². The van der Waals surface area contributed by atoms with E-state index in [2.05, 4.69) is 9.97 Å². The van der Waals surface area contributed by atoms with Crippen LogP contribution in [-0.4, -0.2) is 33.2 Å². The molecule has 0 fully saturated rings. The van der Waals surface area contributed by atoms with E-state index < -0.39 is 0 Å². The summed E-state index contributed by atoms with van der Waals surface area (Å²) < 4.78 is 0. The van der Waals surface area contributed by atoms with Crippen LogP contribution in [0.4, 0.5) is 0 Å². The molecule has 0 aromatic carbocycles. The molecule has 1 aliphatic heterocycles. The molecular weight excluding hydrogens is 196 g/mol. The minimum atomic E-state index is -0.366. The van der Waals surface area contributed by atoms with Crippen LogP contribution in [-0.2, 0) is 6.54 Å². The Morgan fingerprint density at radius 2 is 2.13 bits per heavy atom. The van der Waals surface area contributed by atoms with Crippen LogP contribution >= 0.6 is 0 Å². The molecule has 2 heterocycles. The van der Waals surface area contributed by atoms with Gasteiger partial charge in [0, 0.05) is 12.7 Å². The quantitative estimate of drug-likeness (QED) is 0.662. The van der Waals surface area contributed by atoms with Crippen molar-refractivity contribution in [2.24, 2.45) is 5.73 Å². The summed E-state index contributed by atoms with van der Waals surface area (Å²) in [5.41, 5.74) is 5.78. The predicted molar refractivity (Wildman–Crippen MR) is 51.0 cm³/mol. The summed E-state index contributed by atoms with van der Waals surface area (Å²) in [5, 5.41) is 0. The Balaban J connectivity index is 2.53. The van der Waals surface area contributed by atoms with Crippen LogP contribution < -0.4 is 5.73 Å². The molecule has 0 radical (unpaired) electrons. The van der Waals surface area contributed by atoms with Gasteiger partial charge in [0.2, 0.25) is 0 Å². The number of hydrogen-bond acceptors (Lipinski definition) is 5. The van der Waals surface area contributed by atoms with E-state index in [9.17, 15) is 9.59 Å². The van der Waals surface area contributed by atoms with Crippen LogP contribution in [0.3, 0.4) is 0 Å². The van der Waals surface area contributed by atoms with Gasteiger partial charge in [-0.05, 0) is 6.92 Å². The maximum Gasteiger partial charge on any atom is 0.280 e. The van der Waals surface area contributed by atoms with Crippen molar-refractivity contribution < 1.29 is 9.59 Å². The monoisotopic (exact) mass is 206 g/mol. The smallest absolute Gasteiger partial charge is 0.280 e. The number of carbonyl (C=O) groups excluding carboxylic acids is 2. The zero-order valence-electron chi connectivity index (χ0n) is 8.23. The first kappa shape index (κ1) is 9.72. The van der Waals surface area contributed by atoms with E-state index in [1.165, 1.54) is 6.20 Å². The van der Waals surface area contributed by atoms with Gasteiger partial charge in [-0.15, -0.1) is 0 Å². The third kappa shape index (κ3) is 1.30. The highest BCUT2D eigenvalue weighted by Gasteiger charge is 2.36. The molecule has 0 atom stereocenters. The maximum atomic E-state index is 11.7. The Morgan fingerprint density at radius 3 is 2.73 bits per heavy atom. The molecule has 2 rings (SSSR count). The van der Waals surface area contributed by atoms with Crippen molar-refractivity contribution in [1.82, 2.24) is 14.9 Å². The average molecular weight is 206 g/mol. The van der Waals surface area contributed by atoms with Gasteiger partial charge in [0.1, 0.15) is 11.5 Å². The third-order valence-corrected chi connectivity index (χ3v) is 2.26. The standard InChI is InChI=1S/C9H10N4O2/c1-2-13-8(14)5-4-11-6(3-10)12-7(5)9(13)15/h4H,2-3,10H2,1H3. The molecular formula is C9H10N4O2. The van der Waals surface area contributed by atoms with E-state index in [1.54, 1.807) is 6.92 Å². The Hall–Kier alpha value is -1.82. The molecule has 6 heteroatoms. The summed E-state index contributed by atoms with van der Waals surface area (Å²) in [6, 6.07) is 0. The van der Waals surface area contributed by atoms with Gasteiger partial charge in [-0.1, -0.05) is 0 Å². The molecule has 1 aliphatic rings. The minimum absolute atomic E-state index is 0.154. The fourth-order valence-corrected chi connectivity index (χ4v) is 1.49. The summed E-state index contributed by atoms with van der Waals surface area (Å²) in [6.07, 6.45) is 1.36. The zero-order chi connectivity index (χ0) is 11.0. The predicted octanol–water partition coefficient (Wildman–Crippen LogP) is -0.449. The highest BCUT2D eigenvalue weighted by Crippen LogP contribution is 2.19. The largest absolute Gasteiger partial charge is 0.324 e. The van der Waals surface area contributed by atoms with Crippen molar-refractivity contribution in [1.29, 1.82) is 0 Å². The van der Waals surface area contributed by atoms with E-state index in [-0.39, 0.29) is 29.6 Å². The molecule has 2 amide bonds. The number of fused-ring (bicyclic) bond motifs is 1. The molecule has 78 valence electrons. The zero-order valence-corrected chi connectivity index (χ0v) is 8.23. The summed E-state index contributed by atoms with van der Waals surface area (Å²) in [6.45, 7) is 2.23. The lowest BCUT2D eigenvalue weighted by Crippen LogP contribution is -2.29. The fraction of sp³-hybridized carbons (Fsp3) is 0.333. The first-order chi connectivity index (χ1) is 7.19. The Kier molecular flexibility index (Phi) is 2.20. The van der Waals surface area contributed by atoms with Crippen molar-refractivity contribution in [2.75, 3.05) is 6.54 Å². The number of carbonyl (C=O) groups is 2. The Bertz CT molecular complexity index is 444. The molecule has 0 saturated carbocycles. The normalized spacial score (nSPS) is 14.7. The maximum absolute atomic E-state index is 11.7. The number of aromatic nitrogens is 2. The van der Waals surface area contributed by atoms with E-state index in [4.69, 9.17) is 5.73 Å². The molecule has 0 saturated heterocycles. The average Bonchev–Trinajstić information content (AvgIpc) is 2.51. The van der Waals surface area contributed by atoms with E-state index >= 15 is 0 Å². The Morgan fingerprint density at radius 1 is 1.40 bits per heavy atom. The SMILES string of the molecule is CCN1C(=O)c2cnc(CN)nc2C1=O. The van der Waals surface area contributed by atoms with Crippen molar-refractivity contribution in [3.05, 3.63) is 23.3 Å². The van der Waals surface area contributed by atoms with Crippen LogP contribution in [0.15, 0.2) is 6.20 Å². The number of imide groups is 1. The van der Waals surface area contributed by atoms with Crippen molar-refractivity contribution in [3.8, 4) is 0 Å². The molecule has 0 bridgehead atoms. The summed E-state index contributed by atoms with van der Waals surface area (Å²) in [4.78, 5) is 32.3. The number of nitrogens with two attached hydrogens (primary N) is 1. The van der Waals surface area contributed by atoms with Crippen molar-refractivity contribution in [2.45, 2.75) is 13.5 Å². The second kappa shape index (κ2) is 3.39. The summed E-state index contributed by atoms with van der Waals surface area (Å²) in [7, 11) is 0. The van der Waals surface area contributed by atoms with Gasteiger partial charge in [-0.3, -0.25) is 14.5 Å². The van der Waals surface area contributed by atoms with Crippen LogP contribution in [0.25, 0.3) is 0 Å². The van der Waals surface area contributed by atoms with Crippen molar-refractivity contribution in [3.63, 3.8) is 0 Å². The number of rotatable bonds is 2. The highest BCUT2D eigenvalue weighted by molar-refractivity contribution is 6.20. The summed E-state index contributed by atoms with van der Waals surface area (Å²) >= 11 is 0. The second-order valence-corrected chi connectivity index (χ2v) is 3.11. The minimum Gasteiger partial charge on any atom is -0.324 e. The molecule has 1 aromatic rings. The van der Waals surface area contributed by atoms with Crippen LogP contribution in [0.2, 0.25) is 0 Å². The molecule has 0 unspecified atom stereocenters. The molecule has 15 heavy (non-hydrogen) atoms. The van der Waals surface area contributed by atoms with Gasteiger partial charge in [-0.25, -0.2) is 9.97 Å². The molecule has 2 N–H and O–H groups in total. The van der Waals surface area contributed by atoms with Gasteiger partial charge in [0.05, 0.1) is 12.1 Å². The van der Waals surface area contributed by atoms with E-state index in [1.807, 2.05) is 0 Å². The first-order valence-corrected chi connectivity index (χ1v) is 4.61. The van der Waals surface area contributed by atoms with Gasteiger partial charge in [0.25, 0.3) is 11.8 Å². The number of nitrogens with zero attached hydrogens (tertiary/aromatic N) is 3. The lowest BCUT2D eigenvalue weighted by Gasteiger charge is -2.08. The lowest BCUT2D eigenvalue weighted by atomic mass is 10.2. The fourth-order valence-electron chi connectivity index (χ4n) is 1.49. The van der Waals surface area contributed by atoms with Gasteiger partial charge < -0.3 is 5.73 Å². The van der Waals surface area contributed by atoms with Gasteiger partial charge in [0.15, 0.2) is 0 Å². The topological polar surface area (TPSA) is 89.2 Å². The third-order valence-electron chi connectivity index (χ3n) is 2.26. The first-order valence-electron chi connectivity index (χ1n) is 4.61. The molecule has 0 spiro atoms. The van der Waals surface area contributed by atoms with Crippen LogP contribution in [0, 0.1) is 0 Å². The van der Waals surface area contributed by atoms with Crippen LogP contribution in [0.5, 0.6) is 0 Å². The van der Waals surface area contributed by atoms with Crippen LogP contribution in [0.1, 0.15) is 33.6 Å². The Labute approximate surface area is 86.1 Å². The molecule has 0 aliphatic carbocycles. The van der Waals surface area contributed by atoms with E-state index in [0.717, 1.165) is 4.90 Å². The summed E-state index contributed by atoms with van der Waals surface area (Å²) in [5.74, 6) is -0.330. The van der Waals surface area contributed by atoms with Gasteiger partial charge >= 0.3 is 0 Å². The lowest BCUT2D eigenvalue weighted by molar-refractivity contribution is 0.0661.